The molecule has 0 fully saturated rings. The number of fused-ring (bicyclic) bond motifs is 2. The van der Waals surface area contributed by atoms with Gasteiger partial charge in [0.05, 0.1) is 18.8 Å². The predicted octanol–water partition coefficient (Wildman–Crippen LogP) is 3.22. The van der Waals surface area contributed by atoms with E-state index in [0.717, 1.165) is 17.1 Å². The second-order valence-corrected chi connectivity index (χ2v) is 5.72. The smallest absolute Gasteiger partial charge is 0.338 e. The summed E-state index contributed by atoms with van der Waals surface area (Å²) >= 11 is 0. The van der Waals surface area contributed by atoms with Crippen molar-refractivity contribution in [1.29, 1.82) is 0 Å². The van der Waals surface area contributed by atoms with Gasteiger partial charge in [-0.15, -0.1) is 0 Å². The number of carbonyl (C=O) groups excluding carboxylic acids is 1. The minimum absolute atomic E-state index is 0. The minimum atomic E-state index is -0.338. The van der Waals surface area contributed by atoms with E-state index in [4.69, 9.17) is 28.8 Å². The van der Waals surface area contributed by atoms with E-state index < -0.39 is 0 Å². The number of rotatable bonds is 3. The highest BCUT2D eigenvalue weighted by molar-refractivity contribution is 5.90. The first-order valence-electron chi connectivity index (χ1n) is 8.77. The van der Waals surface area contributed by atoms with E-state index in [1.54, 1.807) is 31.2 Å². The molecule has 7 heteroatoms. The zero-order chi connectivity index (χ0) is 19.1. The molecule has 0 aliphatic carbocycles. The van der Waals surface area contributed by atoms with Gasteiger partial charge in [0.2, 0.25) is 0 Å². The molecule has 0 spiro atoms. The van der Waals surface area contributed by atoms with Gasteiger partial charge in [-0.05, 0) is 42.8 Å². The lowest BCUT2D eigenvalue weighted by atomic mass is 10.2. The van der Waals surface area contributed by atoms with Crippen LogP contribution in [0, 0.1) is 0 Å². The molecule has 2 aliphatic rings. The van der Waals surface area contributed by atoms with Crippen molar-refractivity contribution in [2.75, 3.05) is 33.0 Å². The maximum atomic E-state index is 11.4. The quantitative estimate of drug-likeness (QED) is 0.806. The van der Waals surface area contributed by atoms with Crippen LogP contribution >= 0.6 is 0 Å². The Morgan fingerprint density at radius 2 is 1.43 bits per heavy atom. The zero-order valence-electron chi connectivity index (χ0n) is 15.1. The summed E-state index contributed by atoms with van der Waals surface area (Å²) < 4.78 is 26.2. The molecular weight excluding hydrogens is 364 g/mol. The van der Waals surface area contributed by atoms with E-state index in [1.165, 1.54) is 0 Å². The number of aliphatic hydroxyl groups excluding tert-OH is 1. The molecule has 1 N–H and O–H groups in total. The van der Waals surface area contributed by atoms with Crippen molar-refractivity contribution in [2.24, 2.45) is 0 Å². The third kappa shape index (κ3) is 5.29. The molecule has 2 aliphatic heterocycles. The van der Waals surface area contributed by atoms with Crippen LogP contribution in [-0.2, 0) is 11.3 Å². The Balaban J connectivity index is 0.000000198. The normalized spacial score (nSPS) is 13.4. The largest absolute Gasteiger partial charge is 0.486 e. The molecule has 2 heterocycles. The van der Waals surface area contributed by atoms with Gasteiger partial charge in [-0.25, -0.2) is 4.79 Å². The number of ether oxygens (including phenoxy) is 5. The molecule has 0 aromatic heterocycles. The monoisotopic (exact) mass is 390 g/mol. The zero-order valence-corrected chi connectivity index (χ0v) is 15.1. The van der Waals surface area contributed by atoms with Crippen LogP contribution in [0.4, 0.5) is 0 Å². The molecule has 0 saturated carbocycles. The van der Waals surface area contributed by atoms with E-state index in [1.807, 2.05) is 12.1 Å². The summed E-state index contributed by atoms with van der Waals surface area (Å²) in [7, 11) is 0. The lowest BCUT2D eigenvalue weighted by Gasteiger charge is -2.18. The van der Waals surface area contributed by atoms with Gasteiger partial charge in [0, 0.05) is 0 Å². The van der Waals surface area contributed by atoms with Gasteiger partial charge in [-0.1, -0.05) is 13.5 Å². The van der Waals surface area contributed by atoms with Gasteiger partial charge < -0.3 is 28.8 Å². The molecule has 0 unspecified atom stereocenters. The summed E-state index contributed by atoms with van der Waals surface area (Å²) in [5, 5.41) is 8.84. The highest BCUT2D eigenvalue weighted by Gasteiger charge is 2.15. The van der Waals surface area contributed by atoms with Crippen molar-refractivity contribution in [3.63, 3.8) is 0 Å². The fraction of sp³-hybridized carbons (Fsp3) is 0.381. The van der Waals surface area contributed by atoms with Gasteiger partial charge in [0.15, 0.2) is 23.0 Å². The molecule has 28 heavy (non-hydrogen) atoms. The number of hydrogen-bond acceptors (Lipinski definition) is 7. The highest BCUT2D eigenvalue weighted by Crippen LogP contribution is 2.31. The first kappa shape index (κ1) is 21.4. The first-order valence-corrected chi connectivity index (χ1v) is 8.77. The molecule has 152 valence electrons. The lowest BCUT2D eigenvalue weighted by molar-refractivity contribution is 0.0525. The molecule has 2 aromatic rings. The maximum absolute atomic E-state index is 11.4. The minimum Gasteiger partial charge on any atom is -0.486 e. The van der Waals surface area contributed by atoms with Crippen molar-refractivity contribution in [3.05, 3.63) is 47.5 Å². The Morgan fingerprint density at radius 1 is 0.893 bits per heavy atom. The van der Waals surface area contributed by atoms with Crippen molar-refractivity contribution < 1.29 is 33.6 Å². The Kier molecular flexibility index (Phi) is 7.95. The summed E-state index contributed by atoms with van der Waals surface area (Å²) in [6, 6.07) is 10.5. The van der Waals surface area contributed by atoms with E-state index >= 15 is 0 Å². The van der Waals surface area contributed by atoms with E-state index in [0.29, 0.717) is 50.1 Å². The summed E-state index contributed by atoms with van der Waals surface area (Å²) in [5.74, 6) is 2.43. The Hall–Kier alpha value is -2.93. The summed E-state index contributed by atoms with van der Waals surface area (Å²) in [4.78, 5) is 11.4. The van der Waals surface area contributed by atoms with Crippen LogP contribution in [0.2, 0.25) is 0 Å². The molecule has 0 amide bonds. The molecule has 4 rings (SSSR count). The number of carbonyl (C=O) groups is 1. The Morgan fingerprint density at radius 3 is 2.00 bits per heavy atom. The number of aliphatic hydroxyl groups is 1. The maximum Gasteiger partial charge on any atom is 0.338 e. The standard InChI is InChI=1S/C11H12O4.C9H10O3.CH4/c1-2-13-11(12)8-3-4-9-10(7-8)15-6-5-14-9;10-6-7-1-2-8-9(5-7)12-4-3-11-8;/h3-4,7H,2,5-6H2,1H3;1-2,5,10H,3-4,6H2;1H4. The lowest BCUT2D eigenvalue weighted by Crippen LogP contribution is -2.16. The fourth-order valence-electron chi connectivity index (χ4n) is 2.57. The van der Waals surface area contributed by atoms with Crippen molar-refractivity contribution in [3.8, 4) is 23.0 Å². The molecule has 0 atom stereocenters. The third-order valence-electron chi connectivity index (χ3n) is 3.84. The van der Waals surface area contributed by atoms with E-state index in [9.17, 15) is 4.79 Å². The van der Waals surface area contributed by atoms with E-state index in [2.05, 4.69) is 0 Å². The third-order valence-corrected chi connectivity index (χ3v) is 3.84. The summed E-state index contributed by atoms with van der Waals surface area (Å²) in [6.45, 7) is 4.43. The van der Waals surface area contributed by atoms with Crippen LogP contribution in [0.3, 0.4) is 0 Å². The van der Waals surface area contributed by atoms with Crippen molar-refractivity contribution >= 4 is 5.97 Å². The van der Waals surface area contributed by atoms with Crippen LogP contribution in [0.25, 0.3) is 0 Å². The first-order chi connectivity index (χ1) is 13.2. The van der Waals surface area contributed by atoms with Gasteiger partial charge in [-0.2, -0.15) is 0 Å². The van der Waals surface area contributed by atoms with Crippen LogP contribution in [-0.4, -0.2) is 44.1 Å². The van der Waals surface area contributed by atoms with Gasteiger partial charge in [0.1, 0.15) is 26.4 Å². The second-order valence-electron chi connectivity index (χ2n) is 5.72. The SMILES string of the molecule is C.CCOC(=O)c1ccc2c(c1)OCCO2.OCc1ccc2c(c1)OCCO2. The van der Waals surface area contributed by atoms with Crippen LogP contribution in [0.1, 0.15) is 30.3 Å². The van der Waals surface area contributed by atoms with Gasteiger partial charge >= 0.3 is 5.97 Å². The fourth-order valence-corrected chi connectivity index (χ4v) is 2.57. The number of hydrogen-bond donors (Lipinski definition) is 1. The van der Waals surface area contributed by atoms with Crippen molar-refractivity contribution in [1.82, 2.24) is 0 Å². The van der Waals surface area contributed by atoms with Crippen LogP contribution in [0.15, 0.2) is 36.4 Å². The molecule has 2 aromatic carbocycles. The Bertz CT molecular complexity index is 788. The topological polar surface area (TPSA) is 83.5 Å². The molecule has 0 radical (unpaired) electrons. The highest BCUT2D eigenvalue weighted by atomic mass is 16.6. The Labute approximate surface area is 164 Å². The van der Waals surface area contributed by atoms with Gasteiger partial charge in [0.25, 0.3) is 0 Å². The van der Waals surface area contributed by atoms with E-state index in [-0.39, 0.29) is 20.0 Å². The molecular formula is C21H26O7. The second kappa shape index (κ2) is 10.4. The molecule has 0 saturated heterocycles. The van der Waals surface area contributed by atoms with Crippen LogP contribution < -0.4 is 18.9 Å². The predicted molar refractivity (Wildman–Crippen MR) is 103 cm³/mol. The average Bonchev–Trinajstić information content (AvgIpc) is 2.73. The number of esters is 1. The van der Waals surface area contributed by atoms with Crippen molar-refractivity contribution in [2.45, 2.75) is 21.0 Å². The molecule has 0 bridgehead atoms. The summed E-state index contributed by atoms with van der Waals surface area (Å²) in [6.07, 6.45) is 0. The van der Waals surface area contributed by atoms with Crippen LogP contribution in [0.5, 0.6) is 23.0 Å². The number of benzene rings is 2. The molecule has 7 nitrogen and oxygen atoms in total. The average molecular weight is 390 g/mol. The summed E-state index contributed by atoms with van der Waals surface area (Å²) in [5.41, 5.74) is 1.33. The van der Waals surface area contributed by atoms with Gasteiger partial charge in [-0.3, -0.25) is 0 Å².